The van der Waals surface area contributed by atoms with Gasteiger partial charge >= 0.3 is 0 Å². The lowest BCUT2D eigenvalue weighted by molar-refractivity contribution is 0.107. The van der Waals surface area contributed by atoms with Crippen LogP contribution < -0.4 is 10.1 Å². The smallest absolute Gasteiger partial charge is 0.119 e. The van der Waals surface area contributed by atoms with Crippen LogP contribution in [0.5, 0.6) is 5.75 Å². The molecule has 0 aromatic heterocycles. The highest BCUT2D eigenvalue weighted by atomic mass is 35.5. The van der Waals surface area contributed by atoms with E-state index in [4.69, 9.17) is 27.9 Å². The van der Waals surface area contributed by atoms with Gasteiger partial charge in [-0.3, -0.25) is 0 Å². The van der Waals surface area contributed by atoms with E-state index in [9.17, 15) is 9.32 Å². The normalized spacial score (nSPS) is 13.7. The molecule has 1 unspecified atom stereocenters. The molecule has 152 valence electrons. The second-order valence-electron chi connectivity index (χ2n) is 5.67. The molecule has 2 aromatic carbocycles. The topological polar surface area (TPSA) is 80.2 Å². The molecule has 0 radical (unpaired) electrons. The number of hydrogen-bond acceptors (Lipinski definition) is 7. The van der Waals surface area contributed by atoms with Gasteiger partial charge in [-0.2, -0.15) is 0 Å². The van der Waals surface area contributed by atoms with E-state index in [0.717, 1.165) is 5.56 Å². The van der Waals surface area contributed by atoms with Gasteiger partial charge in [-0.15, -0.1) is 0 Å². The first-order valence-corrected chi connectivity index (χ1v) is 10.2. The first-order chi connectivity index (χ1) is 13.5. The van der Waals surface area contributed by atoms with Gasteiger partial charge in [-0.25, -0.2) is 0 Å². The summed E-state index contributed by atoms with van der Waals surface area (Å²) in [6.07, 6.45) is 3.18. The summed E-state index contributed by atoms with van der Waals surface area (Å²) >= 11 is 11.8. The van der Waals surface area contributed by atoms with E-state index >= 15 is 0 Å². The van der Waals surface area contributed by atoms with E-state index in [0.29, 0.717) is 34.6 Å². The predicted molar refractivity (Wildman–Crippen MR) is 113 cm³/mol. The molecule has 0 heterocycles. The molecule has 0 saturated heterocycles. The van der Waals surface area contributed by atoms with Crippen LogP contribution in [-0.2, 0) is 19.3 Å². The van der Waals surface area contributed by atoms with Crippen LogP contribution in [0.15, 0.2) is 52.9 Å². The number of hydrogen-bond donors (Lipinski definition) is 2. The van der Waals surface area contributed by atoms with Crippen molar-refractivity contribution in [1.82, 2.24) is 5.32 Å². The van der Waals surface area contributed by atoms with Crippen LogP contribution >= 0.6 is 23.2 Å². The molecule has 0 bridgehead atoms. The molecule has 0 aliphatic carbocycles. The Morgan fingerprint density at radius 2 is 1.96 bits per heavy atom. The van der Waals surface area contributed by atoms with Gasteiger partial charge in [-0.1, -0.05) is 52.3 Å². The van der Waals surface area contributed by atoms with Crippen LogP contribution in [0, 0.1) is 0 Å². The summed E-state index contributed by atoms with van der Waals surface area (Å²) in [5.74, 6) is 0.584. The Morgan fingerprint density at radius 3 is 2.64 bits per heavy atom. The van der Waals surface area contributed by atoms with Gasteiger partial charge in [0.1, 0.15) is 18.5 Å². The molecule has 0 fully saturated rings. The third-order valence-electron chi connectivity index (χ3n) is 3.50. The Labute approximate surface area is 176 Å². The average Bonchev–Trinajstić information content (AvgIpc) is 2.69. The summed E-state index contributed by atoms with van der Waals surface area (Å²) in [5.41, 5.74) is 1.47. The molecule has 28 heavy (non-hydrogen) atoms. The van der Waals surface area contributed by atoms with E-state index in [2.05, 4.69) is 13.9 Å². The fraction of sp³-hybridized carbons (Fsp3) is 0.263. The molecule has 0 aliphatic rings. The minimum atomic E-state index is -1.70. The fourth-order valence-corrected chi connectivity index (χ4v) is 2.80. The Bertz CT molecular complexity index is 869. The Kier molecular flexibility index (Phi) is 9.77. The third kappa shape index (κ3) is 8.18. The van der Waals surface area contributed by atoms with Crippen molar-refractivity contribution < 1.29 is 18.2 Å². The quantitative estimate of drug-likeness (QED) is 0.420. The highest BCUT2D eigenvalue weighted by Crippen LogP contribution is 2.23. The van der Waals surface area contributed by atoms with Crippen LogP contribution in [0.4, 0.5) is 5.69 Å². The lowest BCUT2D eigenvalue weighted by Crippen LogP contribution is -2.31. The highest BCUT2D eigenvalue weighted by Gasteiger charge is 2.04. The molecular weight excluding hydrogens is 423 g/mol. The molecule has 0 spiro atoms. The van der Waals surface area contributed by atoms with Crippen molar-refractivity contribution in [2.75, 3.05) is 26.8 Å². The summed E-state index contributed by atoms with van der Waals surface area (Å²) < 4.78 is 25.1. The molecule has 0 saturated carbocycles. The number of ether oxygens (including phenoxy) is 1. The second-order valence-corrected chi connectivity index (χ2v) is 7.43. The van der Waals surface area contributed by atoms with Crippen molar-refractivity contribution in [3.05, 3.63) is 64.1 Å². The number of nitrogens with one attached hydrogen (secondary N) is 1. The van der Waals surface area contributed by atoms with Crippen LogP contribution in [0.25, 0.3) is 6.08 Å². The van der Waals surface area contributed by atoms with Crippen molar-refractivity contribution in [2.24, 2.45) is 4.36 Å². The highest BCUT2D eigenvalue weighted by molar-refractivity contribution is 7.69. The van der Waals surface area contributed by atoms with E-state index < -0.39 is 17.0 Å². The van der Waals surface area contributed by atoms with Gasteiger partial charge in [0.15, 0.2) is 0 Å². The summed E-state index contributed by atoms with van der Waals surface area (Å²) in [4.78, 5) is 0. The van der Waals surface area contributed by atoms with Crippen LogP contribution in [0.2, 0.25) is 10.0 Å². The molecule has 0 aliphatic heterocycles. The Hall–Kier alpha value is -1.61. The molecule has 2 rings (SSSR count). The van der Waals surface area contributed by atoms with Gasteiger partial charge in [0.2, 0.25) is 0 Å². The van der Waals surface area contributed by atoms with E-state index in [1.165, 1.54) is 7.11 Å². The van der Waals surface area contributed by atoms with E-state index in [-0.39, 0.29) is 6.61 Å². The third-order valence-corrected chi connectivity index (χ3v) is 4.88. The summed E-state index contributed by atoms with van der Waals surface area (Å²) in [7, 11) is -0.383. The Balaban J connectivity index is 1.68. The van der Waals surface area contributed by atoms with Crippen LogP contribution in [0.3, 0.4) is 0 Å². The number of benzene rings is 2. The van der Waals surface area contributed by atoms with Gasteiger partial charge in [0, 0.05) is 25.9 Å². The summed E-state index contributed by atoms with van der Waals surface area (Å²) in [6, 6.07) is 12.1. The van der Waals surface area contributed by atoms with Crippen LogP contribution in [0.1, 0.15) is 5.56 Å². The predicted octanol–water partition coefficient (Wildman–Crippen LogP) is 4.38. The molecular formula is C19H21Cl2N2O4S-. The maximum Gasteiger partial charge on any atom is 0.119 e. The second kappa shape index (κ2) is 12.1. The van der Waals surface area contributed by atoms with Crippen molar-refractivity contribution in [1.29, 1.82) is 0 Å². The standard InChI is InChI=1S/C19H21Cl2N2O4S/c1-26-28(25)23-15-5-7-17(8-6-15)27-13-16(24)12-22-10-2-3-14-4-9-18(20)19(21)11-14/h2-9,11,16,22,24H,10,12-13H2,1H3/q-1/b3-2+. The van der Waals surface area contributed by atoms with Crippen LogP contribution in [-0.4, -0.2) is 38.0 Å². The van der Waals surface area contributed by atoms with Crippen molar-refractivity contribution in [2.45, 2.75) is 6.10 Å². The SMILES string of the molecule is CO[S-](=O)=Nc1ccc(OCC(O)CNC/C=C/c2ccc(Cl)c(Cl)c2)cc1. The minimum absolute atomic E-state index is 0.143. The number of rotatable bonds is 10. The molecule has 9 heteroatoms. The van der Waals surface area contributed by atoms with Crippen molar-refractivity contribution in [3.63, 3.8) is 0 Å². The van der Waals surface area contributed by atoms with Gasteiger partial charge in [-0.05, 0) is 42.0 Å². The zero-order chi connectivity index (χ0) is 20.4. The zero-order valence-electron chi connectivity index (χ0n) is 15.2. The van der Waals surface area contributed by atoms with Crippen molar-refractivity contribution in [3.8, 4) is 5.75 Å². The number of halogens is 2. The van der Waals surface area contributed by atoms with Gasteiger partial charge in [0.25, 0.3) is 0 Å². The first-order valence-electron chi connectivity index (χ1n) is 8.39. The maximum absolute atomic E-state index is 11.2. The monoisotopic (exact) mass is 443 g/mol. The van der Waals surface area contributed by atoms with Crippen molar-refractivity contribution >= 4 is 45.8 Å². The molecule has 2 aromatic rings. The fourth-order valence-electron chi connectivity index (χ4n) is 2.12. The molecule has 1 atom stereocenters. The number of nitrogens with zero attached hydrogens (tertiary/aromatic N) is 1. The summed E-state index contributed by atoms with van der Waals surface area (Å²) in [5, 5.41) is 14.1. The zero-order valence-corrected chi connectivity index (χ0v) is 17.5. The average molecular weight is 444 g/mol. The van der Waals surface area contributed by atoms with Gasteiger partial charge in [0.05, 0.1) is 10.0 Å². The molecule has 6 nitrogen and oxygen atoms in total. The minimum Gasteiger partial charge on any atom is -0.491 e. The Morgan fingerprint density at radius 1 is 1.21 bits per heavy atom. The number of aliphatic hydroxyl groups is 1. The number of aliphatic hydroxyl groups excluding tert-OH is 1. The molecule has 0 amide bonds. The first kappa shape index (κ1) is 22.7. The van der Waals surface area contributed by atoms with Gasteiger partial charge < -0.3 is 27.9 Å². The van der Waals surface area contributed by atoms with E-state index in [1.807, 2.05) is 18.2 Å². The van der Waals surface area contributed by atoms with E-state index in [1.54, 1.807) is 36.4 Å². The molecule has 2 N–H and O–H groups in total. The lowest BCUT2D eigenvalue weighted by atomic mass is 10.2. The lowest BCUT2D eigenvalue weighted by Gasteiger charge is -2.13. The maximum atomic E-state index is 11.2. The largest absolute Gasteiger partial charge is 0.491 e. The summed E-state index contributed by atoms with van der Waals surface area (Å²) in [6.45, 7) is 1.11.